The Morgan fingerprint density at radius 2 is 2.24 bits per heavy atom. The number of pyridine rings is 1. The molecule has 0 saturated carbocycles. The molecule has 1 aromatic rings. The van der Waals surface area contributed by atoms with Gasteiger partial charge in [0.25, 0.3) is 0 Å². The molecular formula is C14H18FN3O3. The molecule has 1 fully saturated rings. The van der Waals surface area contributed by atoms with E-state index in [4.69, 9.17) is 5.11 Å². The number of likely N-dealkylation sites (tertiary alicyclic amines) is 1. The second-order valence-electron chi connectivity index (χ2n) is 5.10. The Bertz CT molecular complexity index is 524. The summed E-state index contributed by atoms with van der Waals surface area (Å²) in [6, 6.07) is 0.773. The number of nitrogens with zero attached hydrogens (tertiary/aromatic N) is 2. The first kappa shape index (κ1) is 15.2. The zero-order valence-electron chi connectivity index (χ0n) is 11.6. The van der Waals surface area contributed by atoms with Gasteiger partial charge in [-0.05, 0) is 25.7 Å². The van der Waals surface area contributed by atoms with E-state index in [-0.39, 0.29) is 18.5 Å². The van der Waals surface area contributed by atoms with Crippen molar-refractivity contribution in [3.05, 3.63) is 24.3 Å². The predicted octanol–water partition coefficient (Wildman–Crippen LogP) is 2.47. The minimum atomic E-state index is -0.865. The molecule has 1 unspecified atom stereocenters. The van der Waals surface area contributed by atoms with Crippen LogP contribution >= 0.6 is 0 Å². The van der Waals surface area contributed by atoms with Crippen molar-refractivity contribution in [2.75, 3.05) is 11.9 Å². The zero-order valence-corrected chi connectivity index (χ0v) is 11.6. The molecule has 1 aliphatic rings. The van der Waals surface area contributed by atoms with Gasteiger partial charge < -0.3 is 15.3 Å². The monoisotopic (exact) mass is 295 g/mol. The van der Waals surface area contributed by atoms with Gasteiger partial charge in [0.2, 0.25) is 0 Å². The Morgan fingerprint density at radius 1 is 1.43 bits per heavy atom. The molecule has 0 bridgehead atoms. The number of hydrogen-bond acceptors (Lipinski definition) is 3. The van der Waals surface area contributed by atoms with E-state index in [1.54, 1.807) is 4.90 Å². The fourth-order valence-electron chi connectivity index (χ4n) is 2.53. The number of hydrogen-bond donors (Lipinski definition) is 2. The molecule has 0 aromatic carbocycles. The summed E-state index contributed by atoms with van der Waals surface area (Å²) < 4.78 is 13.1. The zero-order chi connectivity index (χ0) is 15.2. The Hall–Kier alpha value is -2.18. The SMILES string of the molecule is O=C(O)CCC1CCCCN1C(=O)Nc1cncc(F)c1. The highest BCUT2D eigenvalue weighted by atomic mass is 19.1. The molecule has 0 aliphatic carbocycles. The number of aliphatic carboxylic acids is 1. The van der Waals surface area contributed by atoms with Gasteiger partial charge in [0.1, 0.15) is 5.82 Å². The summed E-state index contributed by atoms with van der Waals surface area (Å²) >= 11 is 0. The fraction of sp³-hybridized carbons (Fsp3) is 0.500. The second kappa shape index (κ2) is 7.01. The first-order chi connectivity index (χ1) is 10.1. The van der Waals surface area contributed by atoms with Crippen LogP contribution in [-0.2, 0) is 4.79 Å². The van der Waals surface area contributed by atoms with Crippen molar-refractivity contribution in [2.24, 2.45) is 0 Å². The summed E-state index contributed by atoms with van der Waals surface area (Å²) in [5.41, 5.74) is 0.294. The molecular weight excluding hydrogens is 277 g/mol. The summed E-state index contributed by atoms with van der Waals surface area (Å²) in [7, 11) is 0. The van der Waals surface area contributed by atoms with Crippen molar-refractivity contribution < 1.29 is 19.1 Å². The van der Waals surface area contributed by atoms with E-state index in [9.17, 15) is 14.0 Å². The molecule has 6 nitrogen and oxygen atoms in total. The molecule has 1 aromatic heterocycles. The number of carboxylic acid groups (broad SMARTS) is 1. The lowest BCUT2D eigenvalue weighted by atomic mass is 9.98. The van der Waals surface area contributed by atoms with Crippen molar-refractivity contribution in [1.29, 1.82) is 0 Å². The van der Waals surface area contributed by atoms with Crippen molar-refractivity contribution in [3.63, 3.8) is 0 Å². The Kier molecular flexibility index (Phi) is 5.08. The van der Waals surface area contributed by atoms with Crippen LogP contribution in [0, 0.1) is 5.82 Å². The molecule has 7 heteroatoms. The van der Waals surface area contributed by atoms with Crippen LogP contribution < -0.4 is 5.32 Å². The topological polar surface area (TPSA) is 82.5 Å². The average molecular weight is 295 g/mol. The number of halogens is 1. The van der Waals surface area contributed by atoms with Gasteiger partial charge in [0.05, 0.1) is 18.1 Å². The van der Waals surface area contributed by atoms with Crippen LogP contribution in [0.2, 0.25) is 0 Å². The van der Waals surface area contributed by atoms with Gasteiger partial charge in [-0.15, -0.1) is 0 Å². The number of anilines is 1. The van der Waals surface area contributed by atoms with E-state index in [2.05, 4.69) is 10.3 Å². The molecule has 2 heterocycles. The number of amides is 2. The second-order valence-corrected chi connectivity index (χ2v) is 5.10. The average Bonchev–Trinajstić information content (AvgIpc) is 2.45. The van der Waals surface area contributed by atoms with Crippen LogP contribution in [0.4, 0.5) is 14.9 Å². The van der Waals surface area contributed by atoms with Gasteiger partial charge in [-0.1, -0.05) is 0 Å². The third kappa shape index (κ3) is 4.40. The summed E-state index contributed by atoms with van der Waals surface area (Å²) in [6.07, 6.45) is 5.57. The standard InChI is InChI=1S/C14H18FN3O3/c15-10-7-11(9-16-8-10)17-14(21)18-6-2-1-3-12(18)4-5-13(19)20/h7-9,12H,1-6H2,(H,17,21)(H,19,20). The molecule has 0 spiro atoms. The highest BCUT2D eigenvalue weighted by molar-refractivity contribution is 5.89. The Morgan fingerprint density at radius 3 is 2.95 bits per heavy atom. The molecule has 2 amide bonds. The molecule has 1 aliphatic heterocycles. The Labute approximate surface area is 122 Å². The van der Waals surface area contributed by atoms with E-state index in [0.717, 1.165) is 25.5 Å². The van der Waals surface area contributed by atoms with Crippen LogP contribution in [0.5, 0.6) is 0 Å². The van der Waals surface area contributed by atoms with Crippen molar-refractivity contribution in [1.82, 2.24) is 9.88 Å². The van der Waals surface area contributed by atoms with Crippen LogP contribution in [0.25, 0.3) is 0 Å². The fourth-order valence-corrected chi connectivity index (χ4v) is 2.53. The number of carbonyl (C=O) groups is 2. The highest BCUT2D eigenvalue weighted by Crippen LogP contribution is 2.22. The summed E-state index contributed by atoms with van der Waals surface area (Å²) in [5, 5.41) is 11.4. The number of urea groups is 1. The van der Waals surface area contributed by atoms with Crippen LogP contribution in [0.3, 0.4) is 0 Å². The van der Waals surface area contributed by atoms with E-state index in [0.29, 0.717) is 18.7 Å². The maximum absolute atomic E-state index is 13.1. The molecule has 21 heavy (non-hydrogen) atoms. The molecule has 2 N–H and O–H groups in total. The van der Waals surface area contributed by atoms with Gasteiger partial charge in [-0.3, -0.25) is 9.78 Å². The minimum absolute atomic E-state index is 0.0377. The number of carboxylic acids is 1. The van der Waals surface area contributed by atoms with Crippen LogP contribution in [-0.4, -0.2) is 39.6 Å². The van der Waals surface area contributed by atoms with Gasteiger partial charge >= 0.3 is 12.0 Å². The van der Waals surface area contributed by atoms with Gasteiger partial charge in [-0.25, -0.2) is 9.18 Å². The maximum atomic E-state index is 13.1. The van der Waals surface area contributed by atoms with E-state index >= 15 is 0 Å². The first-order valence-corrected chi connectivity index (χ1v) is 6.96. The maximum Gasteiger partial charge on any atom is 0.322 e. The normalized spacial score (nSPS) is 18.3. The third-order valence-corrected chi connectivity index (χ3v) is 3.54. The smallest absolute Gasteiger partial charge is 0.322 e. The van der Waals surface area contributed by atoms with Crippen LogP contribution in [0.15, 0.2) is 18.5 Å². The minimum Gasteiger partial charge on any atom is -0.481 e. The molecule has 114 valence electrons. The number of aromatic nitrogens is 1. The summed E-state index contributed by atoms with van der Waals surface area (Å²) in [4.78, 5) is 28.2. The Balaban J connectivity index is 1.99. The first-order valence-electron chi connectivity index (χ1n) is 6.96. The van der Waals surface area contributed by atoms with Crippen molar-refractivity contribution >= 4 is 17.7 Å². The lowest BCUT2D eigenvalue weighted by molar-refractivity contribution is -0.137. The van der Waals surface area contributed by atoms with Crippen molar-refractivity contribution in [3.8, 4) is 0 Å². The summed E-state index contributed by atoms with van der Waals surface area (Å²) in [5.74, 6) is -1.39. The number of carbonyl (C=O) groups excluding carboxylic acids is 1. The lowest BCUT2D eigenvalue weighted by Crippen LogP contribution is -2.46. The quantitative estimate of drug-likeness (QED) is 0.894. The van der Waals surface area contributed by atoms with E-state index in [1.807, 2.05) is 0 Å². The predicted molar refractivity (Wildman–Crippen MR) is 74.4 cm³/mol. The summed E-state index contributed by atoms with van der Waals surface area (Å²) in [6.45, 7) is 0.582. The number of piperidine rings is 1. The van der Waals surface area contributed by atoms with E-state index < -0.39 is 11.8 Å². The van der Waals surface area contributed by atoms with Gasteiger partial charge in [0.15, 0.2) is 0 Å². The van der Waals surface area contributed by atoms with Gasteiger partial charge in [0, 0.05) is 25.1 Å². The lowest BCUT2D eigenvalue weighted by Gasteiger charge is -2.35. The van der Waals surface area contributed by atoms with Crippen LogP contribution in [0.1, 0.15) is 32.1 Å². The third-order valence-electron chi connectivity index (χ3n) is 3.54. The number of rotatable bonds is 4. The van der Waals surface area contributed by atoms with E-state index in [1.165, 1.54) is 12.3 Å². The molecule has 1 atom stereocenters. The molecule has 2 rings (SSSR count). The molecule has 0 radical (unpaired) electrons. The number of nitrogens with one attached hydrogen (secondary N) is 1. The van der Waals surface area contributed by atoms with Crippen molar-refractivity contribution in [2.45, 2.75) is 38.1 Å². The highest BCUT2D eigenvalue weighted by Gasteiger charge is 2.27. The molecule has 1 saturated heterocycles. The van der Waals surface area contributed by atoms with Gasteiger partial charge in [-0.2, -0.15) is 0 Å². The largest absolute Gasteiger partial charge is 0.481 e.